The van der Waals surface area contributed by atoms with Gasteiger partial charge in [0.05, 0.1) is 11.3 Å². The van der Waals surface area contributed by atoms with Gasteiger partial charge < -0.3 is 19.7 Å². The number of hydrazone groups is 1. The maximum Gasteiger partial charge on any atom is 0.355 e. The second-order valence-corrected chi connectivity index (χ2v) is 11.9. The van der Waals surface area contributed by atoms with Crippen LogP contribution in [-0.4, -0.2) is 44.2 Å². The molecule has 5 N–H and O–H groups in total. The highest BCUT2D eigenvalue weighted by atomic mass is 32.2. The lowest BCUT2D eigenvalue weighted by atomic mass is 9.80. The maximum atomic E-state index is 13.4. The Labute approximate surface area is 251 Å². The van der Waals surface area contributed by atoms with Crippen LogP contribution in [0.5, 0.6) is 5.75 Å². The third-order valence-corrected chi connectivity index (χ3v) is 7.99. The molecule has 0 bridgehead atoms. The van der Waals surface area contributed by atoms with Gasteiger partial charge in [-0.2, -0.15) is 13.9 Å². The summed E-state index contributed by atoms with van der Waals surface area (Å²) in [5.41, 5.74) is 10.5. The van der Waals surface area contributed by atoms with E-state index in [1.807, 2.05) is 6.92 Å². The molecule has 0 saturated carbocycles. The average molecular weight is 637 g/mol. The van der Waals surface area contributed by atoms with Crippen LogP contribution in [0.4, 0.5) is 24.7 Å². The Kier molecular flexibility index (Phi) is 9.84. The van der Waals surface area contributed by atoms with E-state index in [1.54, 1.807) is 17.7 Å². The Morgan fingerprint density at radius 3 is 2.48 bits per heavy atom. The summed E-state index contributed by atoms with van der Waals surface area (Å²) in [6.45, 7) is 8.49. The SMILES string of the molecule is C=C(C(N)=O)/C(=N\NNc1cc(C2(C)CCOCC2)on1)c1ccc(NS(=O)(=O)C(F)F)c(O[C@@H](C)c2ccc(F)cc2)c1. The van der Waals surface area contributed by atoms with Crippen LogP contribution in [0.2, 0.25) is 0 Å². The number of amides is 1. The summed E-state index contributed by atoms with van der Waals surface area (Å²) >= 11 is 0. The first kappa shape index (κ1) is 32.3. The van der Waals surface area contributed by atoms with E-state index in [0.717, 1.165) is 18.9 Å². The second-order valence-electron chi connectivity index (χ2n) is 10.2. The van der Waals surface area contributed by atoms with Gasteiger partial charge in [0.15, 0.2) is 5.82 Å². The summed E-state index contributed by atoms with van der Waals surface area (Å²) < 4.78 is 82.3. The molecule has 1 saturated heterocycles. The van der Waals surface area contributed by atoms with Crippen LogP contribution in [0, 0.1) is 5.82 Å². The van der Waals surface area contributed by atoms with Gasteiger partial charge in [0.1, 0.15) is 29.1 Å². The first-order valence-corrected chi connectivity index (χ1v) is 14.8. The number of primary amides is 1. The molecule has 16 heteroatoms. The number of rotatable bonds is 13. The molecule has 2 heterocycles. The molecular weight excluding hydrogens is 605 g/mol. The van der Waals surface area contributed by atoms with E-state index in [9.17, 15) is 26.4 Å². The minimum absolute atomic E-state index is 0.0901. The molecule has 1 fully saturated rings. The Balaban J connectivity index is 1.64. The minimum Gasteiger partial charge on any atom is -0.484 e. The van der Waals surface area contributed by atoms with Crippen molar-refractivity contribution >= 4 is 33.1 Å². The highest BCUT2D eigenvalue weighted by Gasteiger charge is 2.33. The normalized spacial score (nSPS) is 15.8. The lowest BCUT2D eigenvalue weighted by Crippen LogP contribution is -2.30. The second kappa shape index (κ2) is 13.4. The minimum atomic E-state index is -5.08. The molecular formula is C28H31F3N6O6S. The molecule has 12 nitrogen and oxygen atoms in total. The Hall–Kier alpha value is -4.57. The number of halogens is 3. The van der Waals surface area contributed by atoms with Gasteiger partial charge >= 0.3 is 5.76 Å². The van der Waals surface area contributed by atoms with Crippen molar-refractivity contribution in [2.45, 2.75) is 44.0 Å². The Morgan fingerprint density at radius 1 is 1.16 bits per heavy atom. The summed E-state index contributed by atoms with van der Waals surface area (Å²) in [4.78, 5) is 12.1. The van der Waals surface area contributed by atoms with Gasteiger partial charge in [-0.25, -0.2) is 18.3 Å². The van der Waals surface area contributed by atoms with Crippen molar-refractivity contribution in [1.82, 2.24) is 10.7 Å². The van der Waals surface area contributed by atoms with E-state index in [0.29, 0.717) is 24.5 Å². The van der Waals surface area contributed by atoms with Gasteiger partial charge in [-0.15, -0.1) is 0 Å². The molecule has 1 amide bonds. The van der Waals surface area contributed by atoms with E-state index in [-0.39, 0.29) is 39.5 Å². The predicted octanol–water partition coefficient (Wildman–Crippen LogP) is 4.35. The number of alkyl halides is 2. The van der Waals surface area contributed by atoms with Crippen molar-refractivity contribution < 1.29 is 40.4 Å². The molecule has 1 aromatic heterocycles. The van der Waals surface area contributed by atoms with Crippen LogP contribution in [0.3, 0.4) is 0 Å². The quantitative estimate of drug-likeness (QED) is 0.121. The maximum absolute atomic E-state index is 13.4. The number of ether oxygens (including phenoxy) is 2. The number of hydrogen-bond acceptors (Lipinski definition) is 10. The number of carbonyl (C=O) groups excluding carboxylic acids is 1. The first-order chi connectivity index (χ1) is 20.8. The largest absolute Gasteiger partial charge is 0.484 e. The molecule has 1 aliphatic heterocycles. The molecule has 0 unspecified atom stereocenters. The number of nitrogens with zero attached hydrogens (tertiary/aromatic N) is 2. The molecule has 1 atom stereocenters. The third-order valence-electron chi connectivity index (χ3n) is 7.02. The van der Waals surface area contributed by atoms with Crippen molar-refractivity contribution in [1.29, 1.82) is 0 Å². The fourth-order valence-electron chi connectivity index (χ4n) is 4.29. The van der Waals surface area contributed by atoms with Gasteiger partial charge in [0, 0.05) is 30.3 Å². The standard InChI is InChI=1S/C28H31F3N6O6S/c1-16(26(32)38)25(34-37-33-24-15-23(43-35-24)28(3)10-12-41-13-11-28)19-6-9-21(36-44(39,40)27(30)31)22(14-19)42-17(2)18-4-7-20(29)8-5-18/h4-9,14-15,17,27,36-37H,1,10-13H2,2-3H3,(H2,32,38)(H,33,35)/b34-25+/t17-/m0/s1. The molecule has 3 aromatic rings. The summed E-state index contributed by atoms with van der Waals surface area (Å²) in [5.74, 6) is -4.40. The molecule has 1 aliphatic rings. The van der Waals surface area contributed by atoms with E-state index in [4.69, 9.17) is 19.7 Å². The molecule has 0 radical (unpaired) electrons. The third kappa shape index (κ3) is 7.68. The predicted molar refractivity (Wildman–Crippen MR) is 156 cm³/mol. The number of sulfonamides is 1. The van der Waals surface area contributed by atoms with E-state index in [2.05, 4.69) is 27.8 Å². The van der Waals surface area contributed by atoms with Crippen LogP contribution in [-0.2, 0) is 25.0 Å². The fraction of sp³-hybridized carbons (Fsp3) is 0.321. The highest BCUT2D eigenvalue weighted by molar-refractivity contribution is 7.93. The summed E-state index contributed by atoms with van der Waals surface area (Å²) in [6.07, 6.45) is 0.714. The van der Waals surface area contributed by atoms with Crippen LogP contribution in [0.25, 0.3) is 0 Å². The lowest BCUT2D eigenvalue weighted by Gasteiger charge is -2.30. The van der Waals surface area contributed by atoms with Gasteiger partial charge in [0.2, 0.25) is 5.91 Å². The number of hydrogen-bond donors (Lipinski definition) is 4. The fourth-order valence-corrected chi connectivity index (χ4v) is 4.86. The van der Waals surface area contributed by atoms with E-state index in [1.165, 1.54) is 36.4 Å². The molecule has 44 heavy (non-hydrogen) atoms. The zero-order chi connectivity index (χ0) is 32.1. The monoisotopic (exact) mass is 636 g/mol. The Bertz CT molecular complexity index is 1640. The van der Waals surface area contributed by atoms with E-state index < -0.39 is 33.6 Å². The van der Waals surface area contributed by atoms with Gasteiger partial charge in [-0.1, -0.05) is 36.9 Å². The summed E-state index contributed by atoms with van der Waals surface area (Å²) in [6, 6.07) is 10.7. The van der Waals surface area contributed by atoms with Gasteiger partial charge in [0.25, 0.3) is 10.0 Å². The van der Waals surface area contributed by atoms with Crippen LogP contribution in [0.15, 0.2) is 70.3 Å². The van der Waals surface area contributed by atoms with Crippen molar-refractivity contribution in [2.75, 3.05) is 23.4 Å². The topological polar surface area (TPSA) is 170 Å². The molecule has 4 rings (SSSR count). The number of nitrogens with two attached hydrogens (primary N) is 1. The number of benzene rings is 2. The molecule has 2 aromatic carbocycles. The van der Waals surface area contributed by atoms with Crippen LogP contribution in [0.1, 0.15) is 49.7 Å². The van der Waals surface area contributed by atoms with Crippen molar-refractivity contribution in [3.05, 3.63) is 83.4 Å². The highest BCUT2D eigenvalue weighted by Crippen LogP contribution is 2.35. The van der Waals surface area contributed by atoms with Gasteiger partial charge in [-0.05, 0) is 49.6 Å². The molecule has 0 spiro atoms. The van der Waals surface area contributed by atoms with Crippen molar-refractivity contribution in [3.63, 3.8) is 0 Å². The average Bonchev–Trinajstić information content (AvgIpc) is 3.46. The number of hydrazine groups is 1. The molecule has 236 valence electrons. The lowest BCUT2D eigenvalue weighted by molar-refractivity contribution is -0.114. The zero-order valence-corrected chi connectivity index (χ0v) is 24.6. The van der Waals surface area contributed by atoms with Gasteiger partial charge in [-0.3, -0.25) is 14.9 Å². The van der Waals surface area contributed by atoms with E-state index >= 15 is 0 Å². The van der Waals surface area contributed by atoms with Crippen molar-refractivity contribution in [3.8, 4) is 5.75 Å². The van der Waals surface area contributed by atoms with Crippen LogP contribution >= 0.6 is 0 Å². The summed E-state index contributed by atoms with van der Waals surface area (Å²) in [5, 5.41) is 8.15. The van der Waals surface area contributed by atoms with Crippen molar-refractivity contribution in [2.24, 2.45) is 10.8 Å². The first-order valence-electron chi connectivity index (χ1n) is 13.3. The summed E-state index contributed by atoms with van der Waals surface area (Å²) in [7, 11) is -5.08. The molecule has 0 aliphatic carbocycles. The number of carbonyl (C=O) groups is 1. The van der Waals surface area contributed by atoms with Crippen LogP contribution < -0.4 is 26.2 Å². The smallest absolute Gasteiger partial charge is 0.355 e. The number of anilines is 2. The number of aromatic nitrogens is 1. The Morgan fingerprint density at radius 2 is 1.84 bits per heavy atom. The zero-order valence-electron chi connectivity index (χ0n) is 23.8. The number of nitrogens with one attached hydrogen (secondary N) is 3.